The van der Waals surface area contributed by atoms with E-state index in [1.807, 2.05) is 12.1 Å². The summed E-state index contributed by atoms with van der Waals surface area (Å²) in [6, 6.07) is 8.27. The van der Waals surface area contributed by atoms with E-state index in [4.69, 9.17) is 11.1 Å². The molecule has 0 aliphatic heterocycles. The molecule has 2 heteroatoms. The van der Waals surface area contributed by atoms with Crippen LogP contribution >= 0.6 is 11.1 Å². The van der Waals surface area contributed by atoms with E-state index in [0.29, 0.717) is 0 Å². The Morgan fingerprint density at radius 1 is 1.25 bits per heavy atom. The van der Waals surface area contributed by atoms with Gasteiger partial charge in [0.1, 0.15) is 0 Å². The SMILES string of the molecule is CCCCC#Cc1ccccc1[Si](C)(C)Cl. The third kappa shape index (κ3) is 4.04. The first kappa shape index (κ1) is 13.4. The minimum absolute atomic E-state index is 0.981. The minimum atomic E-state index is -1.78. The molecule has 0 amide bonds. The summed E-state index contributed by atoms with van der Waals surface area (Å²) in [5.41, 5.74) is 1.12. The molecule has 0 bridgehead atoms. The maximum Gasteiger partial charge on any atom is 0.182 e. The summed E-state index contributed by atoms with van der Waals surface area (Å²) >= 11 is 6.47. The Morgan fingerprint density at radius 3 is 2.56 bits per heavy atom. The van der Waals surface area contributed by atoms with Gasteiger partial charge in [-0.1, -0.05) is 56.5 Å². The molecule has 0 aliphatic rings. The van der Waals surface area contributed by atoms with Crippen LogP contribution in [0, 0.1) is 11.8 Å². The van der Waals surface area contributed by atoms with Gasteiger partial charge in [-0.2, -0.15) is 11.1 Å². The molecule has 1 aromatic rings. The zero-order valence-electron chi connectivity index (χ0n) is 10.3. The van der Waals surface area contributed by atoms with Crippen molar-refractivity contribution in [3.05, 3.63) is 29.8 Å². The van der Waals surface area contributed by atoms with Gasteiger partial charge in [-0.05, 0) is 17.7 Å². The second-order valence-electron chi connectivity index (χ2n) is 4.42. The van der Waals surface area contributed by atoms with Crippen molar-refractivity contribution in [3.63, 3.8) is 0 Å². The van der Waals surface area contributed by atoms with Gasteiger partial charge in [0, 0.05) is 12.0 Å². The van der Waals surface area contributed by atoms with Crippen molar-refractivity contribution in [2.75, 3.05) is 0 Å². The molecule has 1 rings (SSSR count). The lowest BCUT2D eigenvalue weighted by atomic mass is 10.2. The predicted molar refractivity (Wildman–Crippen MR) is 75.8 cm³/mol. The zero-order chi connectivity index (χ0) is 12.0. The molecule has 0 unspecified atom stereocenters. The second-order valence-corrected chi connectivity index (χ2v) is 10.7. The van der Waals surface area contributed by atoms with Gasteiger partial charge in [0.2, 0.25) is 0 Å². The average molecular weight is 251 g/mol. The first-order valence-electron chi connectivity index (χ1n) is 5.83. The van der Waals surface area contributed by atoms with Crippen LogP contribution in [0.25, 0.3) is 0 Å². The standard InChI is InChI=1S/C14H19ClSi/c1-4-5-6-7-10-13-11-8-9-12-14(13)16(2,3)15/h8-9,11-12H,4-6H2,1-3H3. The van der Waals surface area contributed by atoms with E-state index < -0.39 is 7.38 Å². The van der Waals surface area contributed by atoms with Crippen molar-refractivity contribution in [1.82, 2.24) is 0 Å². The minimum Gasteiger partial charge on any atom is -0.161 e. The number of benzene rings is 1. The number of unbranched alkanes of at least 4 members (excludes halogenated alkanes) is 2. The number of rotatable bonds is 3. The van der Waals surface area contributed by atoms with E-state index in [0.717, 1.165) is 12.0 Å². The van der Waals surface area contributed by atoms with Crippen LogP contribution in [-0.4, -0.2) is 7.38 Å². The Kier molecular flexibility index (Phi) is 5.11. The fourth-order valence-corrected chi connectivity index (χ4v) is 3.31. The van der Waals surface area contributed by atoms with Gasteiger partial charge in [-0.15, -0.1) is 0 Å². The highest BCUT2D eigenvalue weighted by Gasteiger charge is 2.22. The summed E-state index contributed by atoms with van der Waals surface area (Å²) in [5.74, 6) is 6.48. The largest absolute Gasteiger partial charge is 0.182 e. The number of hydrogen-bond acceptors (Lipinski definition) is 0. The fraction of sp³-hybridized carbons (Fsp3) is 0.429. The molecule has 0 aromatic heterocycles. The van der Waals surface area contributed by atoms with Crippen molar-refractivity contribution in [3.8, 4) is 11.8 Å². The van der Waals surface area contributed by atoms with Crippen molar-refractivity contribution in [2.45, 2.75) is 39.3 Å². The van der Waals surface area contributed by atoms with Crippen LogP contribution in [0.15, 0.2) is 24.3 Å². The highest BCUT2D eigenvalue weighted by atomic mass is 35.6. The van der Waals surface area contributed by atoms with Gasteiger partial charge in [-0.25, -0.2) is 0 Å². The average Bonchev–Trinajstić information content (AvgIpc) is 2.24. The first-order chi connectivity index (χ1) is 7.55. The highest BCUT2D eigenvalue weighted by Crippen LogP contribution is 2.11. The molecule has 16 heavy (non-hydrogen) atoms. The quantitative estimate of drug-likeness (QED) is 0.331. The van der Waals surface area contributed by atoms with Crippen LogP contribution in [0.5, 0.6) is 0 Å². The first-order valence-corrected chi connectivity index (χ1v) is 9.84. The molecule has 0 atom stereocenters. The van der Waals surface area contributed by atoms with Crippen molar-refractivity contribution < 1.29 is 0 Å². The van der Waals surface area contributed by atoms with Gasteiger partial charge >= 0.3 is 0 Å². The summed E-state index contributed by atoms with van der Waals surface area (Å²) in [6.45, 7) is 6.46. The van der Waals surface area contributed by atoms with Crippen molar-refractivity contribution in [1.29, 1.82) is 0 Å². The molecule has 0 heterocycles. The molecular formula is C14H19ClSi. The summed E-state index contributed by atoms with van der Waals surface area (Å²) in [6.07, 6.45) is 3.36. The van der Waals surface area contributed by atoms with E-state index in [1.54, 1.807) is 0 Å². The molecule has 0 fully saturated rings. The lowest BCUT2D eigenvalue weighted by Gasteiger charge is -2.15. The Hall–Kier alpha value is -0.713. The molecule has 0 spiro atoms. The van der Waals surface area contributed by atoms with E-state index in [1.165, 1.54) is 18.0 Å². The lowest BCUT2D eigenvalue weighted by Crippen LogP contribution is -2.37. The monoisotopic (exact) mass is 250 g/mol. The molecule has 0 N–H and O–H groups in total. The van der Waals surface area contributed by atoms with Crippen LogP contribution in [0.3, 0.4) is 0 Å². The van der Waals surface area contributed by atoms with E-state index in [9.17, 15) is 0 Å². The van der Waals surface area contributed by atoms with E-state index in [2.05, 4.69) is 44.0 Å². The molecule has 1 aromatic carbocycles. The maximum absolute atomic E-state index is 6.47. The Bertz CT molecular complexity index is 393. The third-order valence-corrected chi connectivity index (χ3v) is 4.77. The molecule has 0 saturated carbocycles. The second kappa shape index (κ2) is 6.13. The molecule has 0 saturated heterocycles. The van der Waals surface area contributed by atoms with E-state index >= 15 is 0 Å². The fourth-order valence-electron chi connectivity index (χ4n) is 1.53. The maximum atomic E-state index is 6.47. The molecular weight excluding hydrogens is 232 g/mol. The van der Waals surface area contributed by atoms with Gasteiger partial charge in [0.05, 0.1) is 0 Å². The molecule has 86 valence electrons. The molecule has 0 nitrogen and oxygen atoms in total. The zero-order valence-corrected chi connectivity index (χ0v) is 12.1. The Labute approximate surface area is 105 Å². The van der Waals surface area contributed by atoms with Crippen LogP contribution in [-0.2, 0) is 0 Å². The van der Waals surface area contributed by atoms with Crippen LogP contribution in [0.2, 0.25) is 13.1 Å². The van der Waals surface area contributed by atoms with Crippen LogP contribution in [0.4, 0.5) is 0 Å². The third-order valence-electron chi connectivity index (χ3n) is 2.45. The van der Waals surface area contributed by atoms with Crippen LogP contribution < -0.4 is 5.19 Å². The van der Waals surface area contributed by atoms with Gasteiger partial charge in [0.15, 0.2) is 7.38 Å². The number of halogens is 1. The Balaban J connectivity index is 2.90. The van der Waals surface area contributed by atoms with Gasteiger partial charge < -0.3 is 0 Å². The summed E-state index contributed by atoms with van der Waals surface area (Å²) in [5, 5.41) is 1.25. The topological polar surface area (TPSA) is 0 Å². The molecule has 0 aliphatic carbocycles. The van der Waals surface area contributed by atoms with Gasteiger partial charge in [0.25, 0.3) is 0 Å². The predicted octanol–water partition coefficient (Wildman–Crippen LogP) is 3.88. The van der Waals surface area contributed by atoms with Crippen LogP contribution in [0.1, 0.15) is 31.7 Å². The summed E-state index contributed by atoms with van der Waals surface area (Å²) in [7, 11) is -1.78. The Morgan fingerprint density at radius 2 is 1.94 bits per heavy atom. The van der Waals surface area contributed by atoms with E-state index in [-0.39, 0.29) is 0 Å². The normalized spacial score (nSPS) is 10.8. The molecule has 0 radical (unpaired) electrons. The lowest BCUT2D eigenvalue weighted by molar-refractivity contribution is 0.828. The smallest absolute Gasteiger partial charge is 0.161 e. The van der Waals surface area contributed by atoms with Gasteiger partial charge in [-0.3, -0.25) is 0 Å². The summed E-state index contributed by atoms with van der Waals surface area (Å²) < 4.78 is 0. The van der Waals surface area contributed by atoms with Crippen molar-refractivity contribution in [2.24, 2.45) is 0 Å². The number of hydrogen-bond donors (Lipinski definition) is 0. The summed E-state index contributed by atoms with van der Waals surface area (Å²) in [4.78, 5) is 0. The van der Waals surface area contributed by atoms with Crippen molar-refractivity contribution >= 4 is 23.6 Å². The highest BCUT2D eigenvalue weighted by molar-refractivity contribution is 7.26.